The molecule has 15 nitrogen and oxygen atoms in total. The Morgan fingerprint density at radius 2 is 1.15 bits per heavy atom. The third-order valence-corrected chi connectivity index (χ3v) is 11.5. The summed E-state index contributed by atoms with van der Waals surface area (Å²) in [7, 11) is 0.699. The normalized spacial score (nSPS) is 13.0. The first-order chi connectivity index (χ1) is 24.2. The molecule has 2 aromatic carbocycles. The Kier molecular flexibility index (Phi) is 22.6. The van der Waals surface area contributed by atoms with Crippen LogP contribution in [0.25, 0.3) is 0 Å². The number of hydrogen-bond donors (Lipinski definition) is 2. The maximum Gasteiger partial charge on any atom is 0.315 e. The van der Waals surface area contributed by atoms with Gasteiger partial charge in [-0.05, 0) is 160 Å². The minimum atomic E-state index is -4.84. The van der Waals surface area contributed by atoms with Gasteiger partial charge in [0, 0.05) is 7.14 Å². The van der Waals surface area contributed by atoms with Crippen molar-refractivity contribution in [1.82, 2.24) is 10.6 Å². The molecule has 2 rings (SSSR count). The summed E-state index contributed by atoms with van der Waals surface area (Å²) in [6, 6.07) is 7.82. The number of hydrogen-bond acceptors (Lipinski definition) is 12. The summed E-state index contributed by atoms with van der Waals surface area (Å²) in [5, 5.41) is 5.11. The number of phosphoric acid groups is 1. The fourth-order valence-corrected chi connectivity index (χ4v) is 12.1. The van der Waals surface area contributed by atoms with Crippen LogP contribution in [0.2, 0.25) is 0 Å². The quantitative estimate of drug-likeness (QED) is 0.0422. The zero-order valence-corrected chi connectivity index (χ0v) is 41.9. The molecule has 2 aromatic rings. The van der Waals surface area contributed by atoms with E-state index in [2.05, 4.69) is 146 Å². The number of halogens is 6. The van der Waals surface area contributed by atoms with Gasteiger partial charge >= 0.3 is 11.9 Å². The fourth-order valence-electron chi connectivity index (χ4n) is 3.63. The van der Waals surface area contributed by atoms with E-state index in [9.17, 15) is 28.6 Å². The van der Waals surface area contributed by atoms with E-state index in [-0.39, 0.29) is 32.9 Å². The highest BCUT2D eigenvalue weighted by molar-refractivity contribution is 14.1. The Morgan fingerprint density at radius 1 is 0.712 bits per heavy atom. The summed E-state index contributed by atoms with van der Waals surface area (Å²) >= 11 is 13.0. The van der Waals surface area contributed by atoms with Gasteiger partial charge in [0.1, 0.15) is 57.3 Å². The van der Waals surface area contributed by atoms with E-state index in [1.807, 2.05) is 45.4 Å². The number of esters is 2. The first-order valence-electron chi connectivity index (χ1n) is 15.1. The lowest BCUT2D eigenvalue weighted by molar-refractivity contribution is -0.870. The van der Waals surface area contributed by atoms with Crippen molar-refractivity contribution in [3.8, 4) is 11.5 Å². The van der Waals surface area contributed by atoms with Gasteiger partial charge in [-0.1, -0.05) is 0 Å². The summed E-state index contributed by atoms with van der Waals surface area (Å²) < 4.78 is 50.2. The van der Waals surface area contributed by atoms with Gasteiger partial charge in [-0.25, -0.2) is 0 Å². The number of benzene rings is 2. The maximum atomic E-state index is 12.6. The molecule has 2 atom stereocenters. The predicted molar refractivity (Wildman–Crippen MR) is 239 cm³/mol. The summed E-state index contributed by atoms with van der Waals surface area (Å²) in [5.41, 5.74) is 0. The van der Waals surface area contributed by atoms with E-state index < -0.39 is 63.7 Å². The van der Waals surface area contributed by atoms with Crippen LogP contribution in [0.15, 0.2) is 24.3 Å². The topological polar surface area (TPSA) is 188 Å². The van der Waals surface area contributed by atoms with Crippen molar-refractivity contribution in [1.29, 1.82) is 0 Å². The molecule has 22 heteroatoms. The molecule has 1 unspecified atom stereocenters. The molecule has 0 saturated carbocycles. The second kappa shape index (κ2) is 24.2. The third kappa shape index (κ3) is 20.5. The lowest BCUT2D eigenvalue weighted by atomic mass is 10.3. The fraction of sp³-hybridized carbons (Fsp3) is 0.467. The van der Waals surface area contributed by atoms with Gasteiger partial charge in [-0.3, -0.25) is 23.7 Å². The molecular weight excluding hydrogens is 1390 g/mol. The molecule has 290 valence electrons. The van der Waals surface area contributed by atoms with Gasteiger partial charge in [0.15, 0.2) is 6.10 Å². The summed E-state index contributed by atoms with van der Waals surface area (Å²) in [4.78, 5) is 62.1. The van der Waals surface area contributed by atoms with Crippen LogP contribution in [0.3, 0.4) is 0 Å². The van der Waals surface area contributed by atoms with Crippen LogP contribution in [0.1, 0.15) is 12.8 Å². The zero-order chi connectivity index (χ0) is 39.1. The maximum absolute atomic E-state index is 12.6. The molecule has 0 aliphatic carbocycles. The molecule has 0 aromatic heterocycles. The van der Waals surface area contributed by atoms with Gasteiger partial charge < -0.3 is 48.0 Å². The van der Waals surface area contributed by atoms with Crippen LogP contribution in [0.4, 0.5) is 0 Å². The van der Waals surface area contributed by atoms with E-state index >= 15 is 0 Å². The number of phosphoric ester groups is 1. The van der Waals surface area contributed by atoms with E-state index in [0.717, 1.165) is 21.4 Å². The molecule has 2 N–H and O–H groups in total. The van der Waals surface area contributed by atoms with Crippen molar-refractivity contribution < 1.29 is 61.1 Å². The Labute approximate surface area is 383 Å². The van der Waals surface area contributed by atoms with Crippen LogP contribution in [-0.4, -0.2) is 108 Å². The van der Waals surface area contributed by atoms with Crippen molar-refractivity contribution in [2.45, 2.75) is 18.9 Å². The number of rotatable bonds is 22. The summed E-state index contributed by atoms with van der Waals surface area (Å²) in [5.74, 6) is -1.96. The summed E-state index contributed by atoms with van der Waals surface area (Å²) in [6.45, 7) is -0.745. The van der Waals surface area contributed by atoms with E-state index in [1.165, 1.54) is 0 Å². The number of nitrogens with zero attached hydrogens (tertiary/aromatic N) is 1. The Morgan fingerprint density at radius 3 is 1.60 bits per heavy atom. The zero-order valence-electron chi connectivity index (χ0n) is 28.0. The van der Waals surface area contributed by atoms with Crippen LogP contribution in [0.5, 0.6) is 11.5 Å². The molecule has 0 spiro atoms. The number of carbonyl (C=O) groups excluding carboxylic acids is 4. The Bertz CT molecular complexity index is 1570. The van der Waals surface area contributed by atoms with Crippen LogP contribution in [-0.2, 0) is 42.3 Å². The third-order valence-electron chi connectivity index (χ3n) is 6.04. The van der Waals surface area contributed by atoms with Crippen molar-refractivity contribution >= 4 is 167 Å². The first kappa shape index (κ1) is 48.5. The van der Waals surface area contributed by atoms with Crippen LogP contribution in [0, 0.1) is 21.4 Å². The summed E-state index contributed by atoms with van der Waals surface area (Å²) in [6.07, 6.45) is -2.83. The molecule has 0 bridgehead atoms. The van der Waals surface area contributed by atoms with Crippen molar-refractivity contribution in [3.63, 3.8) is 0 Å². The van der Waals surface area contributed by atoms with Crippen molar-refractivity contribution in [2.75, 3.05) is 73.8 Å². The second-order valence-corrected chi connectivity index (χ2v) is 20.1. The Balaban J connectivity index is 1.87. The molecule has 0 radical (unpaired) electrons. The minimum Gasteiger partial charge on any atom is -0.756 e. The molecule has 2 amide bonds. The highest BCUT2D eigenvalue weighted by atomic mass is 127. The lowest BCUT2D eigenvalue weighted by Crippen LogP contribution is -2.38. The monoisotopic (exact) mass is 1420 g/mol. The first-order valence-corrected chi connectivity index (χ1v) is 23.0. The SMILES string of the molecule is C[N+](C)(C)CCOP(=O)([O-])OC[C@@H](COC(=O)CC(=O)NCCOc1c(I)cc(I)cc1I)OC(=O)CC(=O)NCCOc1c(I)cc(I)cc1I. The smallest absolute Gasteiger partial charge is 0.315 e. The van der Waals surface area contributed by atoms with E-state index in [0.29, 0.717) is 22.5 Å². The van der Waals surface area contributed by atoms with Gasteiger partial charge in [-0.15, -0.1) is 0 Å². The van der Waals surface area contributed by atoms with Gasteiger partial charge in [-0.2, -0.15) is 0 Å². The number of likely N-dealkylation sites (N-methyl/N-ethyl adjacent to an activating group) is 1. The van der Waals surface area contributed by atoms with E-state index in [1.54, 1.807) is 0 Å². The average molecular weight is 1420 g/mol. The molecular formula is C30H36I6N3O12P. The average Bonchev–Trinajstić information content (AvgIpc) is 2.99. The molecule has 0 fully saturated rings. The number of amides is 2. The highest BCUT2D eigenvalue weighted by Crippen LogP contribution is 2.38. The molecule has 0 saturated heterocycles. The molecule has 0 heterocycles. The molecule has 0 aliphatic rings. The predicted octanol–water partition coefficient (Wildman–Crippen LogP) is 4.45. The second-order valence-electron chi connectivity index (χ2n) is 11.5. The number of carbonyl (C=O) groups is 4. The van der Waals surface area contributed by atoms with Crippen molar-refractivity contribution in [3.05, 3.63) is 45.7 Å². The lowest BCUT2D eigenvalue weighted by Gasteiger charge is -2.28. The molecule has 52 heavy (non-hydrogen) atoms. The van der Waals surface area contributed by atoms with Gasteiger partial charge in [0.2, 0.25) is 11.8 Å². The van der Waals surface area contributed by atoms with Crippen LogP contribution < -0.4 is 25.0 Å². The largest absolute Gasteiger partial charge is 0.756 e. The minimum absolute atomic E-state index is 0.0941. The van der Waals surface area contributed by atoms with Gasteiger partial charge in [0.05, 0.1) is 55.1 Å². The van der Waals surface area contributed by atoms with Crippen LogP contribution >= 0.6 is 143 Å². The van der Waals surface area contributed by atoms with E-state index in [4.69, 9.17) is 28.0 Å². The number of ether oxygens (including phenoxy) is 4. The van der Waals surface area contributed by atoms with Gasteiger partial charge in [0.25, 0.3) is 7.82 Å². The van der Waals surface area contributed by atoms with Crippen molar-refractivity contribution in [2.24, 2.45) is 0 Å². The standard InChI is InChI=1S/C30H36I6N3O12P/c1-39(2,3)6-9-49-52(44,45)50-17-20(51-28(43)15-26(41)38-5-8-47-30-23(35)12-19(32)13-24(30)36)16-48-27(42)14-25(40)37-4-7-46-29-21(33)10-18(31)11-22(29)34/h10-13,20H,4-9,14-17H2,1-3H3,(H2-,37,38,40,41,44,45)/t20-/m1/s1. The number of nitrogens with one attached hydrogen (secondary N) is 2. The molecule has 0 aliphatic heterocycles. The highest BCUT2D eigenvalue weighted by Gasteiger charge is 2.24. The number of quaternary nitrogens is 1. The Hall–Kier alpha value is 0.370.